The number of nitrogens with one attached hydrogen (secondary N) is 2. The predicted octanol–water partition coefficient (Wildman–Crippen LogP) is 2.24. The SMILES string of the molecule is CN[C@@H](CCCCN)C(=O)N[C@@H](CCCCN)C(=O)C(=O)OCC1c2ccccc2-c2ccccc21. The number of nitrogens with two attached hydrogens (primary N) is 2. The van der Waals surface area contributed by atoms with E-state index in [0.717, 1.165) is 35.1 Å². The third kappa shape index (κ3) is 6.78. The Hall–Kier alpha value is -3.07. The molecule has 1 aliphatic rings. The van der Waals surface area contributed by atoms with Gasteiger partial charge in [-0.3, -0.25) is 9.59 Å². The third-order valence-corrected chi connectivity index (χ3v) is 6.74. The highest BCUT2D eigenvalue weighted by Gasteiger charge is 2.33. The highest BCUT2D eigenvalue weighted by atomic mass is 16.5. The van der Waals surface area contributed by atoms with Gasteiger partial charge < -0.3 is 26.8 Å². The van der Waals surface area contributed by atoms with Gasteiger partial charge in [-0.05, 0) is 74.5 Å². The molecule has 194 valence electrons. The van der Waals surface area contributed by atoms with Crippen molar-refractivity contribution in [1.82, 2.24) is 10.6 Å². The summed E-state index contributed by atoms with van der Waals surface area (Å²) in [6, 6.07) is 14.6. The average molecular weight is 495 g/mol. The van der Waals surface area contributed by atoms with Gasteiger partial charge in [-0.15, -0.1) is 0 Å². The fraction of sp³-hybridized carbons (Fsp3) is 0.464. The van der Waals surface area contributed by atoms with E-state index < -0.39 is 23.8 Å². The van der Waals surface area contributed by atoms with Crippen molar-refractivity contribution in [3.8, 4) is 11.1 Å². The van der Waals surface area contributed by atoms with Crippen LogP contribution in [0.25, 0.3) is 11.1 Å². The summed E-state index contributed by atoms with van der Waals surface area (Å²) in [5.74, 6) is -2.13. The molecule has 36 heavy (non-hydrogen) atoms. The molecule has 0 unspecified atom stereocenters. The number of benzene rings is 2. The summed E-state index contributed by atoms with van der Waals surface area (Å²) >= 11 is 0. The molecule has 2 aromatic rings. The smallest absolute Gasteiger partial charge is 0.376 e. The van der Waals surface area contributed by atoms with Crippen LogP contribution < -0.4 is 22.1 Å². The Labute approximate surface area is 213 Å². The van der Waals surface area contributed by atoms with Crippen molar-refractivity contribution in [3.05, 3.63) is 59.7 Å². The fourth-order valence-electron chi connectivity index (χ4n) is 4.75. The Bertz CT molecular complexity index is 996. The molecule has 0 aliphatic heterocycles. The second-order valence-corrected chi connectivity index (χ2v) is 9.16. The molecule has 0 bridgehead atoms. The monoisotopic (exact) mass is 494 g/mol. The van der Waals surface area contributed by atoms with Crippen molar-refractivity contribution in [1.29, 1.82) is 0 Å². The van der Waals surface area contributed by atoms with E-state index in [1.165, 1.54) is 0 Å². The van der Waals surface area contributed by atoms with Crippen LogP contribution in [0.15, 0.2) is 48.5 Å². The van der Waals surface area contributed by atoms with Gasteiger partial charge in [-0.25, -0.2) is 4.79 Å². The molecule has 2 aromatic carbocycles. The highest BCUT2D eigenvalue weighted by Crippen LogP contribution is 2.44. The van der Waals surface area contributed by atoms with E-state index in [4.69, 9.17) is 16.2 Å². The number of amides is 1. The molecule has 3 rings (SSSR count). The molecule has 6 N–H and O–H groups in total. The minimum Gasteiger partial charge on any atom is -0.459 e. The first kappa shape index (κ1) is 27.5. The molecule has 0 saturated carbocycles. The summed E-state index contributed by atoms with van der Waals surface area (Å²) in [6.45, 7) is 1.08. The molecule has 8 heteroatoms. The number of Topliss-reactive ketones (excluding diaryl/α,β-unsaturated/α-hetero) is 1. The van der Waals surface area contributed by atoms with Gasteiger partial charge in [0.2, 0.25) is 5.91 Å². The highest BCUT2D eigenvalue weighted by molar-refractivity contribution is 6.36. The molecule has 0 saturated heterocycles. The van der Waals surface area contributed by atoms with Crippen LogP contribution in [-0.2, 0) is 19.1 Å². The summed E-state index contributed by atoms with van der Waals surface area (Å²) in [6.07, 6.45) is 3.81. The molecule has 0 heterocycles. The number of carbonyl (C=O) groups excluding carboxylic acids is 3. The minimum atomic E-state index is -0.954. The Balaban J connectivity index is 1.66. The van der Waals surface area contributed by atoms with E-state index in [2.05, 4.69) is 22.8 Å². The van der Waals surface area contributed by atoms with Crippen molar-refractivity contribution < 1.29 is 19.1 Å². The number of hydrogen-bond donors (Lipinski definition) is 4. The lowest BCUT2D eigenvalue weighted by molar-refractivity contribution is -0.155. The van der Waals surface area contributed by atoms with Crippen LogP contribution in [0.2, 0.25) is 0 Å². The Morgan fingerprint density at radius 3 is 1.89 bits per heavy atom. The second kappa shape index (κ2) is 13.9. The molecular weight excluding hydrogens is 456 g/mol. The number of likely N-dealkylation sites (N-methyl/N-ethyl adjacent to an activating group) is 1. The number of esters is 1. The van der Waals surface area contributed by atoms with Crippen molar-refractivity contribution in [2.24, 2.45) is 11.5 Å². The number of rotatable bonds is 15. The van der Waals surface area contributed by atoms with Gasteiger partial charge in [0, 0.05) is 5.92 Å². The maximum absolute atomic E-state index is 13.1. The zero-order valence-corrected chi connectivity index (χ0v) is 21.0. The molecule has 0 radical (unpaired) electrons. The van der Waals surface area contributed by atoms with E-state index in [0.29, 0.717) is 38.8 Å². The Morgan fingerprint density at radius 1 is 0.833 bits per heavy atom. The maximum atomic E-state index is 13.1. The van der Waals surface area contributed by atoms with Crippen LogP contribution in [0.5, 0.6) is 0 Å². The number of unbranched alkanes of at least 4 members (excludes halogenated alkanes) is 2. The zero-order valence-electron chi connectivity index (χ0n) is 21.0. The van der Waals surface area contributed by atoms with Crippen molar-refractivity contribution in [2.45, 2.75) is 56.5 Å². The lowest BCUT2D eigenvalue weighted by Crippen LogP contribution is -2.51. The van der Waals surface area contributed by atoms with Gasteiger partial charge in [0.05, 0.1) is 12.1 Å². The largest absolute Gasteiger partial charge is 0.459 e. The second-order valence-electron chi connectivity index (χ2n) is 9.16. The average Bonchev–Trinajstić information content (AvgIpc) is 3.22. The van der Waals surface area contributed by atoms with Crippen LogP contribution in [0, 0.1) is 0 Å². The molecule has 1 amide bonds. The zero-order chi connectivity index (χ0) is 25.9. The molecule has 1 aliphatic carbocycles. The van der Waals surface area contributed by atoms with Gasteiger partial charge in [0.1, 0.15) is 6.61 Å². The van der Waals surface area contributed by atoms with Gasteiger partial charge in [-0.1, -0.05) is 55.0 Å². The molecule has 2 atom stereocenters. The summed E-state index contributed by atoms with van der Waals surface area (Å²) in [5, 5.41) is 5.75. The molecular formula is C28H38N4O4. The Kier molecular flexibility index (Phi) is 10.6. The number of carbonyl (C=O) groups is 3. The van der Waals surface area contributed by atoms with Crippen molar-refractivity contribution in [3.63, 3.8) is 0 Å². The number of fused-ring (bicyclic) bond motifs is 3. The first-order valence-electron chi connectivity index (χ1n) is 12.8. The van der Waals surface area contributed by atoms with Crippen molar-refractivity contribution >= 4 is 17.7 Å². The first-order chi connectivity index (χ1) is 17.5. The number of ketones is 1. The fourth-order valence-corrected chi connectivity index (χ4v) is 4.75. The van der Waals surface area contributed by atoms with Crippen molar-refractivity contribution in [2.75, 3.05) is 26.7 Å². The first-order valence-corrected chi connectivity index (χ1v) is 12.8. The molecule has 0 spiro atoms. The van der Waals surface area contributed by atoms with Crippen LogP contribution in [0.3, 0.4) is 0 Å². The normalized spacial score (nSPS) is 14.0. The van der Waals surface area contributed by atoms with Crippen LogP contribution in [0.1, 0.15) is 55.6 Å². The molecule has 0 fully saturated rings. The van der Waals surface area contributed by atoms with E-state index in [9.17, 15) is 14.4 Å². The topological polar surface area (TPSA) is 137 Å². The van der Waals surface area contributed by atoms with Gasteiger partial charge in [0.15, 0.2) is 0 Å². The van der Waals surface area contributed by atoms with E-state index >= 15 is 0 Å². The van der Waals surface area contributed by atoms with Crippen LogP contribution in [0.4, 0.5) is 0 Å². The van der Waals surface area contributed by atoms with E-state index in [1.807, 2.05) is 36.4 Å². The summed E-state index contributed by atoms with van der Waals surface area (Å²) in [5.41, 5.74) is 15.5. The minimum absolute atomic E-state index is 0.0558. The summed E-state index contributed by atoms with van der Waals surface area (Å²) in [7, 11) is 1.70. The number of hydrogen-bond acceptors (Lipinski definition) is 7. The van der Waals surface area contributed by atoms with E-state index in [1.54, 1.807) is 7.05 Å². The van der Waals surface area contributed by atoms with Gasteiger partial charge in [-0.2, -0.15) is 0 Å². The lowest BCUT2D eigenvalue weighted by atomic mass is 9.98. The summed E-state index contributed by atoms with van der Waals surface area (Å²) in [4.78, 5) is 38.8. The lowest BCUT2D eigenvalue weighted by Gasteiger charge is -2.22. The Morgan fingerprint density at radius 2 is 1.36 bits per heavy atom. The van der Waals surface area contributed by atoms with Gasteiger partial charge >= 0.3 is 5.97 Å². The van der Waals surface area contributed by atoms with Gasteiger partial charge in [0.25, 0.3) is 5.78 Å². The number of ether oxygens (including phenoxy) is 1. The molecule has 0 aromatic heterocycles. The quantitative estimate of drug-likeness (QED) is 0.169. The standard InChI is InChI=1S/C28H38N4O4/c1-31-25(15-7-9-17-30)27(34)32-24(14-6-8-16-29)26(33)28(35)36-18-23-21-12-4-2-10-19(21)20-11-3-5-13-22(20)23/h2-5,10-13,23-25,31H,6-9,14-18,29-30H2,1H3,(H,32,34)/t24-,25-/m0/s1. The third-order valence-electron chi connectivity index (χ3n) is 6.74. The molecule has 8 nitrogen and oxygen atoms in total. The maximum Gasteiger partial charge on any atom is 0.376 e. The summed E-state index contributed by atoms with van der Waals surface area (Å²) < 4.78 is 5.54. The van der Waals surface area contributed by atoms with Crippen LogP contribution >= 0.6 is 0 Å². The van der Waals surface area contributed by atoms with E-state index in [-0.39, 0.29) is 18.4 Å². The van der Waals surface area contributed by atoms with Crippen LogP contribution in [-0.4, -0.2) is 56.5 Å². The predicted molar refractivity (Wildman–Crippen MR) is 140 cm³/mol.